The maximum atomic E-state index is 13.9. The van der Waals surface area contributed by atoms with Gasteiger partial charge in [0.15, 0.2) is 0 Å². The Hall–Kier alpha value is -2.16. The average molecular weight is 243 g/mol. The molecule has 2 N–H and O–H groups in total. The molecule has 0 heterocycles. The molecule has 2 nitrogen and oxygen atoms in total. The van der Waals surface area contributed by atoms with Crippen molar-refractivity contribution in [1.29, 1.82) is 0 Å². The molecule has 1 amide bonds. The summed E-state index contributed by atoms with van der Waals surface area (Å²) in [7, 11) is 0. The van der Waals surface area contributed by atoms with Crippen LogP contribution in [0.1, 0.15) is 22.8 Å². The van der Waals surface area contributed by atoms with Crippen LogP contribution < -0.4 is 5.73 Å². The van der Waals surface area contributed by atoms with Gasteiger partial charge in [-0.15, -0.1) is 0 Å². The van der Waals surface area contributed by atoms with E-state index in [1.165, 1.54) is 6.07 Å². The normalized spacial score (nSPS) is 10.3. The van der Waals surface area contributed by atoms with Crippen molar-refractivity contribution in [3.05, 3.63) is 59.4 Å². The van der Waals surface area contributed by atoms with E-state index in [0.29, 0.717) is 23.1 Å². The highest BCUT2D eigenvalue weighted by Crippen LogP contribution is 2.30. The molecule has 0 unspecified atom stereocenters. The minimum atomic E-state index is -0.538. The van der Waals surface area contributed by atoms with Gasteiger partial charge in [0.2, 0.25) is 5.91 Å². The van der Waals surface area contributed by atoms with Gasteiger partial charge < -0.3 is 5.73 Å². The number of amides is 1. The number of aryl methyl sites for hydroxylation is 1. The summed E-state index contributed by atoms with van der Waals surface area (Å²) >= 11 is 0. The zero-order valence-electron chi connectivity index (χ0n) is 10.1. The van der Waals surface area contributed by atoms with Crippen molar-refractivity contribution in [3.63, 3.8) is 0 Å². The lowest BCUT2D eigenvalue weighted by Gasteiger charge is -2.12. The number of carbonyl (C=O) groups excluding carboxylic acids is 1. The summed E-state index contributed by atoms with van der Waals surface area (Å²) in [5.74, 6) is -0.885. The van der Waals surface area contributed by atoms with Crippen molar-refractivity contribution in [2.75, 3.05) is 0 Å². The summed E-state index contributed by atoms with van der Waals surface area (Å²) in [6.07, 6.45) is 0.713. The van der Waals surface area contributed by atoms with Gasteiger partial charge >= 0.3 is 0 Å². The van der Waals surface area contributed by atoms with Gasteiger partial charge in [0.1, 0.15) is 5.82 Å². The SMILES string of the molecule is CCc1cccc(C(N)=O)c1-c1ccccc1F. The van der Waals surface area contributed by atoms with Crippen LogP contribution in [-0.4, -0.2) is 5.91 Å². The summed E-state index contributed by atoms with van der Waals surface area (Å²) in [5.41, 5.74) is 7.66. The summed E-state index contributed by atoms with van der Waals surface area (Å²) < 4.78 is 13.9. The maximum Gasteiger partial charge on any atom is 0.249 e. The molecule has 0 radical (unpaired) electrons. The third kappa shape index (κ3) is 2.12. The predicted molar refractivity (Wildman–Crippen MR) is 69.7 cm³/mol. The molecule has 0 atom stereocenters. The van der Waals surface area contributed by atoms with Gasteiger partial charge in [-0.25, -0.2) is 4.39 Å². The Bertz CT molecular complexity index is 593. The standard InChI is InChI=1S/C15H14FNO/c1-2-10-6-5-8-12(15(17)18)14(10)11-7-3-4-9-13(11)16/h3-9H,2H2,1H3,(H2,17,18). The molecule has 0 aliphatic rings. The second-order valence-corrected chi connectivity index (χ2v) is 4.04. The fourth-order valence-corrected chi connectivity index (χ4v) is 2.08. The van der Waals surface area contributed by atoms with Gasteiger partial charge in [0.05, 0.1) is 0 Å². The predicted octanol–water partition coefficient (Wildman–Crippen LogP) is 3.15. The Kier molecular flexibility index (Phi) is 3.42. The summed E-state index contributed by atoms with van der Waals surface area (Å²) in [4.78, 5) is 11.5. The van der Waals surface area contributed by atoms with Crippen LogP contribution in [0.5, 0.6) is 0 Å². The van der Waals surface area contributed by atoms with Gasteiger partial charge in [0.25, 0.3) is 0 Å². The fourth-order valence-electron chi connectivity index (χ4n) is 2.08. The van der Waals surface area contributed by atoms with Crippen molar-refractivity contribution >= 4 is 5.91 Å². The molecule has 0 fully saturated rings. The van der Waals surface area contributed by atoms with E-state index in [1.807, 2.05) is 13.0 Å². The Morgan fingerprint density at radius 2 is 1.89 bits per heavy atom. The van der Waals surface area contributed by atoms with Gasteiger partial charge in [-0.05, 0) is 24.1 Å². The monoisotopic (exact) mass is 243 g/mol. The largest absolute Gasteiger partial charge is 0.366 e. The minimum absolute atomic E-state index is 0.346. The molecule has 0 aromatic heterocycles. The molecule has 0 aliphatic heterocycles. The van der Waals surface area contributed by atoms with E-state index < -0.39 is 5.91 Å². The zero-order chi connectivity index (χ0) is 13.1. The summed E-state index contributed by atoms with van der Waals surface area (Å²) in [5, 5.41) is 0. The van der Waals surface area contributed by atoms with Gasteiger partial charge in [-0.3, -0.25) is 4.79 Å². The Morgan fingerprint density at radius 1 is 1.17 bits per heavy atom. The Labute approximate surface area is 105 Å². The topological polar surface area (TPSA) is 43.1 Å². The first-order valence-corrected chi connectivity index (χ1v) is 5.81. The van der Waals surface area contributed by atoms with E-state index in [2.05, 4.69) is 0 Å². The molecule has 2 rings (SSSR count). The van der Waals surface area contributed by atoms with E-state index >= 15 is 0 Å². The first-order valence-electron chi connectivity index (χ1n) is 5.81. The van der Waals surface area contributed by atoms with E-state index in [-0.39, 0.29) is 5.82 Å². The molecule has 18 heavy (non-hydrogen) atoms. The Balaban J connectivity index is 2.76. The third-order valence-electron chi connectivity index (χ3n) is 2.94. The fraction of sp³-hybridized carbons (Fsp3) is 0.133. The average Bonchev–Trinajstić information content (AvgIpc) is 2.38. The number of halogens is 1. The van der Waals surface area contributed by atoms with Crippen LogP contribution in [0, 0.1) is 5.82 Å². The zero-order valence-corrected chi connectivity index (χ0v) is 10.1. The number of rotatable bonds is 3. The number of benzene rings is 2. The van der Waals surface area contributed by atoms with Gasteiger partial charge in [-0.2, -0.15) is 0 Å². The Morgan fingerprint density at radius 3 is 2.50 bits per heavy atom. The van der Waals surface area contributed by atoms with Crippen LogP contribution in [0.2, 0.25) is 0 Å². The highest BCUT2D eigenvalue weighted by Gasteiger charge is 2.15. The highest BCUT2D eigenvalue weighted by atomic mass is 19.1. The highest BCUT2D eigenvalue weighted by molar-refractivity contribution is 6.00. The molecule has 92 valence electrons. The number of carbonyl (C=O) groups is 1. The molecule has 0 saturated carbocycles. The molecule has 0 aliphatic carbocycles. The lowest BCUT2D eigenvalue weighted by molar-refractivity contribution is 0.100. The molecule has 2 aromatic carbocycles. The van der Waals surface area contributed by atoms with Crippen LogP contribution in [0.25, 0.3) is 11.1 Å². The molecular formula is C15H14FNO. The molecule has 3 heteroatoms. The number of primary amides is 1. The van der Waals surface area contributed by atoms with Crippen LogP contribution in [0.3, 0.4) is 0 Å². The third-order valence-corrected chi connectivity index (χ3v) is 2.94. The molecular weight excluding hydrogens is 229 g/mol. The second kappa shape index (κ2) is 5.00. The lowest BCUT2D eigenvalue weighted by atomic mass is 9.92. The number of hydrogen-bond acceptors (Lipinski definition) is 1. The van der Waals surface area contributed by atoms with Crippen molar-refractivity contribution in [3.8, 4) is 11.1 Å². The van der Waals surface area contributed by atoms with E-state index in [9.17, 15) is 9.18 Å². The smallest absolute Gasteiger partial charge is 0.249 e. The maximum absolute atomic E-state index is 13.9. The minimum Gasteiger partial charge on any atom is -0.366 e. The van der Waals surface area contributed by atoms with Gasteiger partial charge in [-0.1, -0.05) is 37.3 Å². The second-order valence-electron chi connectivity index (χ2n) is 4.04. The van der Waals surface area contributed by atoms with Crippen molar-refractivity contribution in [1.82, 2.24) is 0 Å². The van der Waals surface area contributed by atoms with Gasteiger partial charge in [0, 0.05) is 16.7 Å². The van der Waals surface area contributed by atoms with Crippen LogP contribution in [0.4, 0.5) is 4.39 Å². The van der Waals surface area contributed by atoms with Crippen LogP contribution in [-0.2, 0) is 6.42 Å². The summed E-state index contributed by atoms with van der Waals surface area (Å²) in [6, 6.07) is 11.7. The first kappa shape index (κ1) is 12.3. The lowest BCUT2D eigenvalue weighted by Crippen LogP contribution is -2.13. The van der Waals surface area contributed by atoms with E-state index in [1.54, 1.807) is 30.3 Å². The van der Waals surface area contributed by atoms with Crippen LogP contribution >= 0.6 is 0 Å². The van der Waals surface area contributed by atoms with E-state index in [0.717, 1.165) is 5.56 Å². The molecule has 0 spiro atoms. The van der Waals surface area contributed by atoms with Crippen molar-refractivity contribution in [2.45, 2.75) is 13.3 Å². The van der Waals surface area contributed by atoms with E-state index in [4.69, 9.17) is 5.73 Å². The number of hydrogen-bond donors (Lipinski definition) is 1. The van der Waals surface area contributed by atoms with Crippen molar-refractivity contribution < 1.29 is 9.18 Å². The molecule has 2 aromatic rings. The summed E-state index contributed by atoms with van der Waals surface area (Å²) in [6.45, 7) is 1.96. The van der Waals surface area contributed by atoms with Crippen molar-refractivity contribution in [2.24, 2.45) is 5.73 Å². The quantitative estimate of drug-likeness (QED) is 0.884. The molecule has 0 saturated heterocycles. The number of nitrogens with two attached hydrogens (primary N) is 1. The first-order chi connectivity index (χ1) is 8.65. The van der Waals surface area contributed by atoms with Crippen LogP contribution in [0.15, 0.2) is 42.5 Å². The molecule has 0 bridgehead atoms.